The lowest BCUT2D eigenvalue weighted by atomic mass is 10.1. The van der Waals surface area contributed by atoms with Crippen molar-refractivity contribution in [2.75, 3.05) is 19.1 Å². The standard InChI is InChI=1S/C21H19BrF2N2O2/c1-27-16-7-3-14(4-8-16)12-26(13-15-5-9-17(28-2)10-6-15)21-19(23)11-18(22)20(24)25-21/h3-11H,12-13H2,1-2H3. The first-order valence-corrected chi connectivity index (χ1v) is 9.32. The molecule has 1 aromatic heterocycles. The van der Waals surface area contributed by atoms with E-state index in [-0.39, 0.29) is 10.3 Å². The van der Waals surface area contributed by atoms with Crippen molar-refractivity contribution < 1.29 is 18.3 Å². The lowest BCUT2D eigenvalue weighted by Crippen LogP contribution is -2.24. The van der Waals surface area contributed by atoms with E-state index in [4.69, 9.17) is 9.47 Å². The van der Waals surface area contributed by atoms with Crippen LogP contribution in [0.3, 0.4) is 0 Å². The van der Waals surface area contributed by atoms with Crippen LogP contribution in [0.4, 0.5) is 14.6 Å². The molecular formula is C21H19BrF2N2O2. The van der Waals surface area contributed by atoms with Gasteiger partial charge in [-0.3, -0.25) is 0 Å². The van der Waals surface area contributed by atoms with Crippen molar-refractivity contribution in [3.8, 4) is 11.5 Å². The summed E-state index contributed by atoms with van der Waals surface area (Å²) in [6.07, 6.45) is 0. The first-order valence-electron chi connectivity index (χ1n) is 8.52. The average molecular weight is 449 g/mol. The summed E-state index contributed by atoms with van der Waals surface area (Å²) in [6.45, 7) is 0.696. The monoisotopic (exact) mass is 448 g/mol. The molecule has 0 bridgehead atoms. The molecule has 3 rings (SSSR count). The van der Waals surface area contributed by atoms with E-state index in [0.717, 1.165) is 28.7 Å². The van der Waals surface area contributed by atoms with E-state index in [2.05, 4.69) is 20.9 Å². The van der Waals surface area contributed by atoms with Gasteiger partial charge < -0.3 is 14.4 Å². The van der Waals surface area contributed by atoms with Crippen LogP contribution in [0, 0.1) is 11.8 Å². The van der Waals surface area contributed by atoms with Gasteiger partial charge in [0.25, 0.3) is 0 Å². The van der Waals surface area contributed by atoms with E-state index in [1.807, 2.05) is 48.5 Å². The molecule has 0 saturated carbocycles. The van der Waals surface area contributed by atoms with Gasteiger partial charge in [-0.1, -0.05) is 24.3 Å². The van der Waals surface area contributed by atoms with Crippen molar-refractivity contribution in [2.45, 2.75) is 13.1 Å². The molecule has 3 aromatic rings. The summed E-state index contributed by atoms with van der Waals surface area (Å²) in [5, 5.41) is 0. The molecule has 1 heterocycles. The van der Waals surface area contributed by atoms with Crippen LogP contribution in [0.15, 0.2) is 59.1 Å². The van der Waals surface area contributed by atoms with E-state index < -0.39 is 11.8 Å². The molecule has 146 valence electrons. The first-order chi connectivity index (χ1) is 13.5. The number of hydrogen-bond donors (Lipinski definition) is 0. The van der Waals surface area contributed by atoms with Gasteiger partial charge in [0.05, 0.1) is 18.7 Å². The third-order valence-electron chi connectivity index (χ3n) is 4.23. The van der Waals surface area contributed by atoms with Gasteiger partial charge in [0.15, 0.2) is 11.6 Å². The van der Waals surface area contributed by atoms with Crippen LogP contribution in [0.25, 0.3) is 0 Å². The first kappa shape index (κ1) is 20.1. The normalized spacial score (nSPS) is 10.6. The second-order valence-corrected chi connectivity index (χ2v) is 6.97. The van der Waals surface area contributed by atoms with Crippen LogP contribution in [-0.2, 0) is 13.1 Å². The fourth-order valence-corrected chi connectivity index (χ4v) is 3.05. The van der Waals surface area contributed by atoms with Crippen LogP contribution in [-0.4, -0.2) is 19.2 Å². The molecule has 0 N–H and O–H groups in total. The molecule has 0 atom stereocenters. The predicted octanol–water partition coefficient (Wildman–Crippen LogP) is 5.35. The molecule has 0 fully saturated rings. The minimum atomic E-state index is -0.758. The second-order valence-electron chi connectivity index (χ2n) is 6.12. The van der Waals surface area contributed by atoms with Crippen molar-refractivity contribution in [2.24, 2.45) is 0 Å². The molecule has 0 aliphatic heterocycles. The molecule has 0 spiro atoms. The van der Waals surface area contributed by atoms with Gasteiger partial charge in [0, 0.05) is 13.1 Å². The van der Waals surface area contributed by atoms with Crippen LogP contribution in [0.2, 0.25) is 0 Å². The maximum absolute atomic E-state index is 14.6. The zero-order valence-electron chi connectivity index (χ0n) is 15.5. The molecule has 0 saturated heterocycles. The van der Waals surface area contributed by atoms with Gasteiger partial charge in [0.1, 0.15) is 11.5 Å². The van der Waals surface area contributed by atoms with Crippen LogP contribution in [0.1, 0.15) is 11.1 Å². The molecule has 0 amide bonds. The highest BCUT2D eigenvalue weighted by Crippen LogP contribution is 2.26. The smallest absolute Gasteiger partial charge is 0.229 e. The van der Waals surface area contributed by atoms with Crippen molar-refractivity contribution >= 4 is 21.7 Å². The van der Waals surface area contributed by atoms with E-state index in [0.29, 0.717) is 13.1 Å². The Balaban J connectivity index is 1.93. The molecule has 0 aliphatic carbocycles. The zero-order valence-corrected chi connectivity index (χ0v) is 17.0. The molecule has 7 heteroatoms. The quantitative estimate of drug-likeness (QED) is 0.456. The largest absolute Gasteiger partial charge is 0.497 e. The summed E-state index contributed by atoms with van der Waals surface area (Å²) in [6, 6.07) is 15.9. The minimum Gasteiger partial charge on any atom is -0.497 e. The molecule has 0 aliphatic rings. The van der Waals surface area contributed by atoms with Gasteiger partial charge >= 0.3 is 0 Å². The number of methoxy groups -OCH3 is 2. The Bertz CT molecular complexity index is 885. The van der Waals surface area contributed by atoms with Gasteiger partial charge in [-0.25, -0.2) is 4.39 Å². The zero-order chi connectivity index (χ0) is 20.1. The Kier molecular flexibility index (Phi) is 6.46. The number of pyridine rings is 1. The lowest BCUT2D eigenvalue weighted by molar-refractivity contribution is 0.414. The Morgan fingerprint density at radius 3 is 1.75 bits per heavy atom. The summed E-state index contributed by atoms with van der Waals surface area (Å²) >= 11 is 2.97. The number of ether oxygens (including phenoxy) is 2. The van der Waals surface area contributed by atoms with Crippen LogP contribution >= 0.6 is 15.9 Å². The maximum atomic E-state index is 14.6. The highest BCUT2D eigenvalue weighted by molar-refractivity contribution is 9.10. The van der Waals surface area contributed by atoms with Gasteiger partial charge in [-0.15, -0.1) is 0 Å². The summed E-state index contributed by atoms with van der Waals surface area (Å²) in [4.78, 5) is 5.51. The summed E-state index contributed by atoms with van der Waals surface area (Å²) in [5.74, 6) is 0.0439. The second kappa shape index (κ2) is 9.01. The van der Waals surface area contributed by atoms with Crippen molar-refractivity contribution in [3.05, 3.63) is 82.0 Å². The van der Waals surface area contributed by atoms with E-state index >= 15 is 0 Å². The maximum Gasteiger partial charge on any atom is 0.229 e. The van der Waals surface area contributed by atoms with E-state index in [1.54, 1.807) is 19.1 Å². The van der Waals surface area contributed by atoms with Crippen molar-refractivity contribution in [1.82, 2.24) is 4.98 Å². The number of aromatic nitrogens is 1. The molecule has 4 nitrogen and oxygen atoms in total. The third-order valence-corrected chi connectivity index (χ3v) is 4.79. The number of hydrogen-bond acceptors (Lipinski definition) is 4. The highest BCUT2D eigenvalue weighted by Gasteiger charge is 2.18. The van der Waals surface area contributed by atoms with Crippen LogP contribution in [0.5, 0.6) is 11.5 Å². The van der Waals surface area contributed by atoms with Crippen molar-refractivity contribution in [3.63, 3.8) is 0 Å². The Morgan fingerprint density at radius 1 is 0.857 bits per heavy atom. The Morgan fingerprint density at radius 2 is 1.32 bits per heavy atom. The minimum absolute atomic E-state index is 0.0115. The molecular weight excluding hydrogens is 430 g/mol. The van der Waals surface area contributed by atoms with E-state index in [1.165, 1.54) is 0 Å². The third kappa shape index (κ3) is 4.78. The van der Waals surface area contributed by atoms with E-state index in [9.17, 15) is 8.78 Å². The average Bonchev–Trinajstić information content (AvgIpc) is 2.71. The SMILES string of the molecule is COc1ccc(CN(Cc2ccc(OC)cc2)c2nc(F)c(Br)cc2F)cc1. The lowest BCUT2D eigenvalue weighted by Gasteiger charge is -2.25. The number of benzene rings is 2. The Hall–Kier alpha value is -2.67. The molecule has 0 unspecified atom stereocenters. The topological polar surface area (TPSA) is 34.6 Å². The van der Waals surface area contributed by atoms with Crippen molar-refractivity contribution in [1.29, 1.82) is 0 Å². The number of rotatable bonds is 7. The van der Waals surface area contributed by atoms with Crippen LogP contribution < -0.4 is 14.4 Å². The summed E-state index contributed by atoms with van der Waals surface area (Å²) < 4.78 is 38.9. The molecule has 28 heavy (non-hydrogen) atoms. The number of nitrogens with zero attached hydrogens (tertiary/aromatic N) is 2. The highest BCUT2D eigenvalue weighted by atomic mass is 79.9. The van der Waals surface area contributed by atoms with Gasteiger partial charge in [-0.2, -0.15) is 9.37 Å². The molecule has 2 aromatic carbocycles. The predicted molar refractivity (Wildman–Crippen MR) is 108 cm³/mol. The Labute approximate surface area is 170 Å². The fraction of sp³-hybridized carbons (Fsp3) is 0.190. The fourth-order valence-electron chi connectivity index (χ4n) is 2.77. The molecule has 0 radical (unpaired) electrons. The van der Waals surface area contributed by atoms with Gasteiger partial charge in [0.2, 0.25) is 5.95 Å². The number of anilines is 1. The summed E-state index contributed by atoms with van der Waals surface area (Å²) in [5.41, 5.74) is 1.83. The van der Waals surface area contributed by atoms with Gasteiger partial charge in [-0.05, 0) is 57.4 Å². The summed E-state index contributed by atoms with van der Waals surface area (Å²) in [7, 11) is 3.18. The number of halogens is 3.